The fraction of sp³-hybridized carbons (Fsp3) is 0.389. The lowest BCUT2D eigenvalue weighted by atomic mass is 9.97. The third-order valence-corrected chi connectivity index (χ3v) is 4.42. The number of carbonyl (C=O) groups excluding carboxylic acids is 1. The van der Waals surface area contributed by atoms with Crippen LogP contribution in [0.1, 0.15) is 18.4 Å². The van der Waals surface area contributed by atoms with E-state index >= 15 is 0 Å². The monoisotopic (exact) mass is 341 g/mol. The largest absolute Gasteiger partial charge is 0.481 e. The van der Waals surface area contributed by atoms with Gasteiger partial charge in [0, 0.05) is 37.6 Å². The third kappa shape index (κ3) is 4.37. The molecule has 1 aromatic carbocycles. The number of rotatable bonds is 6. The summed E-state index contributed by atoms with van der Waals surface area (Å²) in [7, 11) is 1.58. The highest BCUT2D eigenvalue weighted by atomic mass is 16.5. The van der Waals surface area contributed by atoms with Gasteiger partial charge >= 0.3 is 0 Å². The molecule has 1 fully saturated rings. The molecule has 1 aliphatic heterocycles. The van der Waals surface area contributed by atoms with Crippen molar-refractivity contribution in [2.45, 2.75) is 19.4 Å². The van der Waals surface area contributed by atoms with Gasteiger partial charge in [0.25, 0.3) is 0 Å². The Bertz CT molecular complexity index is 720. The van der Waals surface area contributed by atoms with E-state index in [2.05, 4.69) is 44.5 Å². The maximum atomic E-state index is 11.4. The predicted molar refractivity (Wildman–Crippen MR) is 96.5 cm³/mol. The Morgan fingerprint density at radius 2 is 2.16 bits per heavy atom. The van der Waals surface area contributed by atoms with Gasteiger partial charge < -0.3 is 20.7 Å². The van der Waals surface area contributed by atoms with E-state index in [0.717, 1.165) is 30.6 Å². The van der Waals surface area contributed by atoms with E-state index in [1.807, 2.05) is 0 Å². The lowest BCUT2D eigenvalue weighted by Crippen LogP contribution is -2.41. The number of nitrogens with two attached hydrogens (primary N) is 1. The van der Waals surface area contributed by atoms with Gasteiger partial charge in [0.05, 0.1) is 13.0 Å². The summed E-state index contributed by atoms with van der Waals surface area (Å²) in [6.07, 6.45) is 3.53. The van der Waals surface area contributed by atoms with Gasteiger partial charge in [-0.15, -0.1) is 0 Å². The molecule has 7 heteroatoms. The molecule has 25 heavy (non-hydrogen) atoms. The van der Waals surface area contributed by atoms with Crippen molar-refractivity contribution >= 4 is 17.5 Å². The molecular formula is C18H23N5O2. The number of piperidine rings is 1. The van der Waals surface area contributed by atoms with Crippen molar-refractivity contribution in [3.05, 3.63) is 42.1 Å². The number of amides is 1. The first kappa shape index (κ1) is 17.0. The average molecular weight is 341 g/mol. The van der Waals surface area contributed by atoms with Crippen molar-refractivity contribution in [2.24, 2.45) is 11.7 Å². The van der Waals surface area contributed by atoms with Crippen molar-refractivity contribution < 1.29 is 9.53 Å². The van der Waals surface area contributed by atoms with Crippen LogP contribution in [-0.2, 0) is 11.3 Å². The Morgan fingerprint density at radius 3 is 2.88 bits per heavy atom. The zero-order valence-corrected chi connectivity index (χ0v) is 14.3. The van der Waals surface area contributed by atoms with Gasteiger partial charge in [-0.2, -0.15) is 4.98 Å². The molecule has 7 nitrogen and oxygen atoms in total. The maximum absolute atomic E-state index is 11.4. The zero-order valence-electron chi connectivity index (χ0n) is 14.3. The summed E-state index contributed by atoms with van der Waals surface area (Å²) in [5.41, 5.74) is 7.69. The van der Waals surface area contributed by atoms with E-state index in [1.165, 1.54) is 0 Å². The van der Waals surface area contributed by atoms with Gasteiger partial charge in [0.15, 0.2) is 0 Å². The van der Waals surface area contributed by atoms with E-state index in [1.54, 1.807) is 19.4 Å². The van der Waals surface area contributed by atoms with E-state index in [0.29, 0.717) is 24.9 Å². The summed E-state index contributed by atoms with van der Waals surface area (Å²) in [6, 6.07) is 9.99. The van der Waals surface area contributed by atoms with Crippen molar-refractivity contribution in [1.29, 1.82) is 0 Å². The van der Waals surface area contributed by atoms with Crippen LogP contribution in [0.4, 0.5) is 11.6 Å². The van der Waals surface area contributed by atoms with Crippen LogP contribution in [-0.4, -0.2) is 36.1 Å². The Kier molecular flexibility index (Phi) is 5.33. The highest BCUT2D eigenvalue weighted by Gasteiger charge is 2.23. The minimum atomic E-state index is -0.205. The van der Waals surface area contributed by atoms with Gasteiger partial charge in [-0.25, -0.2) is 4.98 Å². The number of carbonyl (C=O) groups is 1. The van der Waals surface area contributed by atoms with Crippen LogP contribution in [0.2, 0.25) is 0 Å². The Balaban J connectivity index is 1.59. The number of benzene rings is 1. The molecule has 2 aromatic rings. The van der Waals surface area contributed by atoms with Crippen LogP contribution >= 0.6 is 0 Å². The maximum Gasteiger partial charge on any atom is 0.226 e. The lowest BCUT2D eigenvalue weighted by molar-refractivity contribution is -0.122. The quantitative estimate of drug-likeness (QED) is 0.832. The van der Waals surface area contributed by atoms with E-state index < -0.39 is 0 Å². The third-order valence-electron chi connectivity index (χ3n) is 4.42. The van der Waals surface area contributed by atoms with Crippen LogP contribution in [0.5, 0.6) is 5.88 Å². The number of methoxy groups -OCH3 is 1. The molecule has 132 valence electrons. The highest BCUT2D eigenvalue weighted by molar-refractivity contribution is 5.77. The summed E-state index contributed by atoms with van der Waals surface area (Å²) in [5.74, 6) is 0.801. The zero-order chi connectivity index (χ0) is 17.6. The molecule has 1 aromatic heterocycles. The first-order chi connectivity index (χ1) is 12.2. The molecule has 0 radical (unpaired) electrons. The Morgan fingerprint density at radius 1 is 1.36 bits per heavy atom. The standard InChI is InChI=1S/C18H23N5O2/c1-25-16-8-9-20-18(22-16)21-11-13-4-6-15(7-5-13)23-10-2-3-14(12-23)17(19)24/h4-9,14H,2-3,10-12H2,1H3,(H2,19,24)(H,20,21,22)/t14-/m1/s1. The second-order valence-corrected chi connectivity index (χ2v) is 6.13. The van der Waals surface area contributed by atoms with Gasteiger partial charge in [-0.3, -0.25) is 4.79 Å². The van der Waals surface area contributed by atoms with E-state index in [4.69, 9.17) is 10.5 Å². The SMILES string of the molecule is COc1ccnc(NCc2ccc(N3CCC[C@@H](C(N)=O)C3)cc2)n1. The number of anilines is 2. The fourth-order valence-electron chi connectivity index (χ4n) is 2.99. The molecule has 3 N–H and O–H groups in total. The molecule has 3 rings (SSSR count). The number of hydrogen-bond donors (Lipinski definition) is 2. The molecule has 1 amide bonds. The van der Waals surface area contributed by atoms with Gasteiger partial charge in [0.2, 0.25) is 17.7 Å². The molecular weight excluding hydrogens is 318 g/mol. The molecule has 0 bridgehead atoms. The molecule has 1 saturated heterocycles. The summed E-state index contributed by atoms with van der Waals surface area (Å²) in [6.45, 7) is 2.28. The van der Waals surface area contributed by atoms with Crippen molar-refractivity contribution in [3.8, 4) is 5.88 Å². The topological polar surface area (TPSA) is 93.4 Å². The number of hydrogen-bond acceptors (Lipinski definition) is 6. The normalized spacial score (nSPS) is 17.2. The molecule has 1 aliphatic rings. The fourth-order valence-corrected chi connectivity index (χ4v) is 2.99. The summed E-state index contributed by atoms with van der Waals surface area (Å²) < 4.78 is 5.09. The first-order valence-corrected chi connectivity index (χ1v) is 8.40. The average Bonchev–Trinajstić information content (AvgIpc) is 2.67. The Hall–Kier alpha value is -2.83. The number of primary amides is 1. The second-order valence-electron chi connectivity index (χ2n) is 6.13. The van der Waals surface area contributed by atoms with Crippen LogP contribution in [0.15, 0.2) is 36.5 Å². The lowest BCUT2D eigenvalue weighted by Gasteiger charge is -2.33. The molecule has 0 spiro atoms. The first-order valence-electron chi connectivity index (χ1n) is 8.40. The molecule has 2 heterocycles. The predicted octanol–water partition coefficient (Wildman–Crippen LogP) is 1.80. The summed E-state index contributed by atoms with van der Waals surface area (Å²) in [4.78, 5) is 22.0. The van der Waals surface area contributed by atoms with Gasteiger partial charge in [0.1, 0.15) is 0 Å². The number of aromatic nitrogens is 2. The van der Waals surface area contributed by atoms with Crippen LogP contribution in [0.3, 0.4) is 0 Å². The van der Waals surface area contributed by atoms with E-state index in [9.17, 15) is 4.79 Å². The van der Waals surface area contributed by atoms with Crippen molar-refractivity contribution in [1.82, 2.24) is 9.97 Å². The molecule has 1 atom stereocenters. The number of nitrogens with zero attached hydrogens (tertiary/aromatic N) is 3. The minimum Gasteiger partial charge on any atom is -0.481 e. The van der Waals surface area contributed by atoms with Gasteiger partial charge in [-0.05, 0) is 30.5 Å². The Labute approximate surface area is 147 Å². The van der Waals surface area contributed by atoms with Gasteiger partial charge in [-0.1, -0.05) is 12.1 Å². The number of ether oxygens (including phenoxy) is 1. The van der Waals surface area contributed by atoms with Crippen LogP contribution in [0.25, 0.3) is 0 Å². The molecule has 0 aliphatic carbocycles. The van der Waals surface area contributed by atoms with Crippen molar-refractivity contribution in [3.63, 3.8) is 0 Å². The highest BCUT2D eigenvalue weighted by Crippen LogP contribution is 2.23. The summed E-state index contributed by atoms with van der Waals surface area (Å²) in [5, 5.41) is 3.18. The number of nitrogens with one attached hydrogen (secondary N) is 1. The smallest absolute Gasteiger partial charge is 0.226 e. The molecule has 0 unspecified atom stereocenters. The van der Waals surface area contributed by atoms with Crippen molar-refractivity contribution in [2.75, 3.05) is 30.4 Å². The summed E-state index contributed by atoms with van der Waals surface area (Å²) >= 11 is 0. The second kappa shape index (κ2) is 7.83. The molecule has 0 saturated carbocycles. The van der Waals surface area contributed by atoms with Crippen LogP contribution < -0.4 is 20.7 Å². The minimum absolute atomic E-state index is 0.0553. The van der Waals surface area contributed by atoms with Crippen LogP contribution in [0, 0.1) is 5.92 Å². The van der Waals surface area contributed by atoms with E-state index in [-0.39, 0.29) is 11.8 Å².